The average Bonchev–Trinajstić information content (AvgIpc) is 2.95. The van der Waals surface area contributed by atoms with Crippen LogP contribution in [0.1, 0.15) is 34.6 Å². The number of likely N-dealkylation sites (N-methyl/N-ethyl adjacent to an activating group) is 1. The van der Waals surface area contributed by atoms with Crippen molar-refractivity contribution in [2.75, 3.05) is 20.1 Å². The number of aromatic nitrogens is 2. The molecule has 0 saturated carbocycles. The molecule has 5 nitrogen and oxygen atoms in total. The summed E-state index contributed by atoms with van der Waals surface area (Å²) in [6, 6.07) is 8.04. The molecule has 0 saturated heterocycles. The lowest BCUT2D eigenvalue weighted by Crippen LogP contribution is -2.31. The predicted molar refractivity (Wildman–Crippen MR) is 94.2 cm³/mol. The van der Waals surface area contributed by atoms with Gasteiger partial charge >= 0.3 is 0 Å². The van der Waals surface area contributed by atoms with E-state index in [4.69, 9.17) is 0 Å². The highest BCUT2D eigenvalue weighted by atomic mass is 79.9. The van der Waals surface area contributed by atoms with Gasteiger partial charge in [0.25, 0.3) is 5.91 Å². The summed E-state index contributed by atoms with van der Waals surface area (Å²) in [6.45, 7) is 1.36. The number of benzene rings is 1. The zero-order valence-corrected chi connectivity index (χ0v) is 14.8. The van der Waals surface area contributed by atoms with Crippen LogP contribution in [-0.2, 0) is 12.8 Å². The molecule has 1 aliphatic carbocycles. The summed E-state index contributed by atoms with van der Waals surface area (Å²) in [6.07, 6.45) is 4.16. The molecule has 1 aromatic carbocycles. The molecule has 23 heavy (non-hydrogen) atoms. The minimum absolute atomic E-state index is 0.0767. The van der Waals surface area contributed by atoms with E-state index >= 15 is 0 Å². The summed E-state index contributed by atoms with van der Waals surface area (Å²) >= 11 is 3.51. The number of carbonyl (C=O) groups excluding carboxylic acids is 1. The van der Waals surface area contributed by atoms with Gasteiger partial charge in [-0.3, -0.25) is 4.79 Å². The van der Waals surface area contributed by atoms with E-state index in [0.717, 1.165) is 48.0 Å². The fourth-order valence-electron chi connectivity index (χ4n) is 2.99. The minimum atomic E-state index is -0.0767. The Bertz CT molecular complexity index is 711. The second-order valence-corrected chi connectivity index (χ2v) is 6.65. The van der Waals surface area contributed by atoms with E-state index < -0.39 is 0 Å². The summed E-state index contributed by atoms with van der Waals surface area (Å²) in [5, 5.41) is 10.6. The maximum absolute atomic E-state index is 12.5. The molecule has 6 heteroatoms. The van der Waals surface area contributed by atoms with Crippen molar-refractivity contribution in [1.82, 2.24) is 20.4 Å². The second kappa shape index (κ2) is 7.27. The third-order valence-electron chi connectivity index (χ3n) is 4.11. The number of hydrogen-bond donors (Lipinski definition) is 2. The van der Waals surface area contributed by atoms with E-state index in [1.807, 2.05) is 36.0 Å². The first-order valence-electron chi connectivity index (χ1n) is 8.00. The van der Waals surface area contributed by atoms with E-state index in [0.29, 0.717) is 12.2 Å². The van der Waals surface area contributed by atoms with Crippen LogP contribution in [0.25, 0.3) is 5.69 Å². The van der Waals surface area contributed by atoms with Crippen molar-refractivity contribution in [2.24, 2.45) is 0 Å². The molecule has 0 spiro atoms. The van der Waals surface area contributed by atoms with Crippen LogP contribution < -0.4 is 10.6 Å². The topological polar surface area (TPSA) is 58.9 Å². The number of hydrogen-bond acceptors (Lipinski definition) is 3. The summed E-state index contributed by atoms with van der Waals surface area (Å²) in [4.78, 5) is 12.5. The van der Waals surface area contributed by atoms with Crippen LogP contribution in [0, 0.1) is 0 Å². The highest BCUT2D eigenvalue weighted by Gasteiger charge is 2.25. The van der Waals surface area contributed by atoms with Crippen molar-refractivity contribution in [2.45, 2.75) is 25.7 Å². The Hall–Kier alpha value is -1.66. The van der Waals surface area contributed by atoms with Gasteiger partial charge in [-0.05, 0) is 50.9 Å². The van der Waals surface area contributed by atoms with Gasteiger partial charge in [-0.2, -0.15) is 5.10 Å². The lowest BCUT2D eigenvalue weighted by atomic mass is 9.95. The van der Waals surface area contributed by atoms with Crippen LogP contribution in [0.2, 0.25) is 0 Å². The molecule has 0 atom stereocenters. The van der Waals surface area contributed by atoms with Crippen LogP contribution in [0.4, 0.5) is 0 Å². The molecule has 0 aliphatic heterocycles. The molecular weight excluding hydrogens is 356 g/mol. The van der Waals surface area contributed by atoms with E-state index in [2.05, 4.69) is 31.7 Å². The van der Waals surface area contributed by atoms with Crippen LogP contribution in [0.5, 0.6) is 0 Å². The average molecular weight is 377 g/mol. The molecule has 1 aliphatic rings. The third kappa shape index (κ3) is 3.48. The van der Waals surface area contributed by atoms with Gasteiger partial charge in [-0.1, -0.05) is 22.0 Å². The zero-order chi connectivity index (χ0) is 16.2. The van der Waals surface area contributed by atoms with E-state index in [1.165, 1.54) is 5.69 Å². The fourth-order valence-corrected chi connectivity index (χ4v) is 3.37. The largest absolute Gasteiger partial charge is 0.349 e. The molecule has 2 aromatic rings. The predicted octanol–water partition coefficient (Wildman–Crippen LogP) is 2.46. The van der Waals surface area contributed by atoms with E-state index in [1.54, 1.807) is 0 Å². The molecule has 122 valence electrons. The number of nitrogens with zero attached hydrogens (tertiary/aromatic N) is 2. The number of rotatable bonds is 5. The number of fused-ring (bicyclic) bond motifs is 1. The zero-order valence-electron chi connectivity index (χ0n) is 13.2. The first-order valence-corrected chi connectivity index (χ1v) is 8.79. The second-order valence-electron chi connectivity index (χ2n) is 5.73. The van der Waals surface area contributed by atoms with Gasteiger partial charge in [0.15, 0.2) is 5.69 Å². The fraction of sp³-hybridized carbons (Fsp3) is 0.412. The van der Waals surface area contributed by atoms with Gasteiger partial charge in [-0.25, -0.2) is 4.68 Å². The minimum Gasteiger partial charge on any atom is -0.349 e. The van der Waals surface area contributed by atoms with E-state index in [-0.39, 0.29) is 5.91 Å². The van der Waals surface area contributed by atoms with Gasteiger partial charge in [-0.15, -0.1) is 0 Å². The van der Waals surface area contributed by atoms with Crippen molar-refractivity contribution in [3.63, 3.8) is 0 Å². The molecule has 3 rings (SSSR count). The monoisotopic (exact) mass is 376 g/mol. The Morgan fingerprint density at radius 2 is 2.13 bits per heavy atom. The molecular formula is C17H21BrN4O. The number of carbonyl (C=O) groups is 1. The maximum atomic E-state index is 12.5. The summed E-state index contributed by atoms with van der Waals surface area (Å²) in [5.41, 5.74) is 3.86. The SMILES string of the molecule is CNCCNC(=O)c1nn(-c2cccc(Br)c2)c2c1CCCC2. The first kappa shape index (κ1) is 16.2. The number of halogens is 1. The van der Waals surface area contributed by atoms with Crippen LogP contribution >= 0.6 is 15.9 Å². The lowest BCUT2D eigenvalue weighted by molar-refractivity contribution is 0.0947. The Morgan fingerprint density at radius 1 is 1.30 bits per heavy atom. The Labute approximate surface area is 144 Å². The molecule has 1 aromatic heterocycles. The molecule has 0 unspecified atom stereocenters. The third-order valence-corrected chi connectivity index (χ3v) is 4.60. The van der Waals surface area contributed by atoms with Gasteiger partial charge < -0.3 is 10.6 Å². The number of amides is 1. The van der Waals surface area contributed by atoms with Crippen LogP contribution in [-0.4, -0.2) is 35.8 Å². The van der Waals surface area contributed by atoms with E-state index in [9.17, 15) is 4.79 Å². The molecule has 2 N–H and O–H groups in total. The van der Waals surface area contributed by atoms with Gasteiger partial charge in [0.05, 0.1) is 5.69 Å². The van der Waals surface area contributed by atoms with Gasteiger partial charge in [0, 0.05) is 28.8 Å². The highest BCUT2D eigenvalue weighted by molar-refractivity contribution is 9.10. The lowest BCUT2D eigenvalue weighted by Gasteiger charge is -2.14. The Balaban J connectivity index is 1.96. The van der Waals surface area contributed by atoms with Crippen molar-refractivity contribution < 1.29 is 4.79 Å². The standard InChI is InChI=1S/C17H21BrN4O/c1-19-9-10-20-17(23)16-14-7-2-3-8-15(14)22(21-16)13-6-4-5-12(18)11-13/h4-6,11,19H,2-3,7-10H2,1H3,(H,20,23). The Morgan fingerprint density at radius 3 is 2.91 bits per heavy atom. The summed E-state index contributed by atoms with van der Waals surface area (Å²) < 4.78 is 2.95. The quantitative estimate of drug-likeness (QED) is 0.788. The van der Waals surface area contributed by atoms with Crippen molar-refractivity contribution in [3.05, 3.63) is 45.7 Å². The molecule has 1 amide bonds. The van der Waals surface area contributed by atoms with Crippen molar-refractivity contribution in [3.8, 4) is 5.69 Å². The Kier molecular flexibility index (Phi) is 5.13. The highest BCUT2D eigenvalue weighted by Crippen LogP contribution is 2.27. The molecule has 0 radical (unpaired) electrons. The summed E-state index contributed by atoms with van der Waals surface area (Å²) in [7, 11) is 1.87. The van der Waals surface area contributed by atoms with Crippen LogP contribution in [0.3, 0.4) is 0 Å². The van der Waals surface area contributed by atoms with Crippen molar-refractivity contribution in [1.29, 1.82) is 0 Å². The smallest absolute Gasteiger partial charge is 0.272 e. The van der Waals surface area contributed by atoms with Gasteiger partial charge in [0.2, 0.25) is 0 Å². The normalized spacial score (nSPS) is 13.7. The van der Waals surface area contributed by atoms with Gasteiger partial charge in [0.1, 0.15) is 0 Å². The summed E-state index contributed by atoms with van der Waals surface area (Å²) in [5.74, 6) is -0.0767. The van der Waals surface area contributed by atoms with Crippen LogP contribution in [0.15, 0.2) is 28.7 Å². The molecule has 0 fully saturated rings. The number of nitrogens with one attached hydrogen (secondary N) is 2. The molecule has 1 heterocycles. The first-order chi connectivity index (χ1) is 11.2. The maximum Gasteiger partial charge on any atom is 0.272 e. The van der Waals surface area contributed by atoms with Crippen molar-refractivity contribution >= 4 is 21.8 Å². The molecule has 0 bridgehead atoms.